The second-order valence-electron chi connectivity index (χ2n) is 8.71. The van der Waals surface area contributed by atoms with Gasteiger partial charge >= 0.3 is 0 Å². The van der Waals surface area contributed by atoms with Gasteiger partial charge in [-0.3, -0.25) is 4.98 Å². The zero-order chi connectivity index (χ0) is 23.2. The number of hydrogen-bond donors (Lipinski definition) is 1. The predicted molar refractivity (Wildman–Crippen MR) is 119 cm³/mol. The quantitative estimate of drug-likeness (QED) is 0.532. The van der Waals surface area contributed by atoms with E-state index in [0.29, 0.717) is 22.9 Å². The van der Waals surface area contributed by atoms with E-state index in [-0.39, 0.29) is 10.9 Å². The highest BCUT2D eigenvalue weighted by Crippen LogP contribution is 2.44. The van der Waals surface area contributed by atoms with Gasteiger partial charge in [0.1, 0.15) is 30.0 Å². The second kappa shape index (κ2) is 8.47. The lowest BCUT2D eigenvalue weighted by Crippen LogP contribution is -2.37. The summed E-state index contributed by atoms with van der Waals surface area (Å²) in [7, 11) is -4.13. The molecule has 0 amide bonds. The number of pyridine rings is 2. The molecule has 0 bridgehead atoms. The molecule has 172 valence electrons. The lowest BCUT2D eigenvalue weighted by Gasteiger charge is -2.29. The monoisotopic (exact) mass is 471 g/mol. The molecular weight excluding hydrogens is 448 g/mol. The Bertz CT molecular complexity index is 1340. The zero-order valence-corrected chi connectivity index (χ0v) is 18.7. The molecule has 0 spiro atoms. The Hall–Kier alpha value is -2.90. The van der Waals surface area contributed by atoms with Gasteiger partial charge in [0.05, 0.1) is 23.0 Å². The topological polar surface area (TPSA) is 101 Å². The SMILES string of the molecule is N#Cc1c(-c2ccc(S(=O)(=O)NC(CF)CF)cn2)n(C2CCC2)c2ncc(C3CC3)cc12. The largest absolute Gasteiger partial charge is 0.320 e. The first-order valence-corrected chi connectivity index (χ1v) is 12.5. The minimum atomic E-state index is -4.13. The molecule has 0 radical (unpaired) electrons. The Labute approximate surface area is 190 Å². The molecule has 7 nitrogen and oxygen atoms in total. The van der Waals surface area contributed by atoms with Crippen molar-refractivity contribution in [1.82, 2.24) is 19.3 Å². The average molecular weight is 472 g/mol. The van der Waals surface area contributed by atoms with Gasteiger partial charge in [0.2, 0.25) is 10.0 Å². The fourth-order valence-corrected chi connectivity index (χ4v) is 5.42. The summed E-state index contributed by atoms with van der Waals surface area (Å²) in [5.41, 5.74) is 3.43. The van der Waals surface area contributed by atoms with E-state index < -0.39 is 29.4 Å². The summed E-state index contributed by atoms with van der Waals surface area (Å²) in [5, 5.41) is 10.8. The fourth-order valence-electron chi connectivity index (χ4n) is 4.28. The van der Waals surface area contributed by atoms with Crippen molar-refractivity contribution < 1.29 is 17.2 Å². The smallest absolute Gasteiger partial charge is 0.242 e. The third kappa shape index (κ3) is 3.89. The van der Waals surface area contributed by atoms with Crippen LogP contribution in [-0.2, 0) is 10.0 Å². The normalized spacial score (nSPS) is 16.8. The van der Waals surface area contributed by atoms with Crippen LogP contribution < -0.4 is 4.72 Å². The number of nitriles is 1. The third-order valence-corrected chi connectivity index (χ3v) is 7.95. The van der Waals surface area contributed by atoms with Gasteiger partial charge in [0, 0.05) is 23.8 Å². The summed E-state index contributed by atoms with van der Waals surface area (Å²) in [6.45, 7) is -2.30. The summed E-state index contributed by atoms with van der Waals surface area (Å²) in [6, 6.07) is 6.00. The van der Waals surface area contributed by atoms with E-state index in [0.717, 1.165) is 54.9 Å². The maximum absolute atomic E-state index is 12.8. The zero-order valence-electron chi connectivity index (χ0n) is 17.8. The molecule has 0 atom stereocenters. The molecule has 2 fully saturated rings. The molecule has 3 aromatic rings. The summed E-state index contributed by atoms with van der Waals surface area (Å²) in [6.07, 6.45) is 8.33. The molecule has 33 heavy (non-hydrogen) atoms. The first-order chi connectivity index (χ1) is 16.0. The number of hydrogen-bond acceptors (Lipinski definition) is 5. The second-order valence-corrected chi connectivity index (χ2v) is 10.4. The van der Waals surface area contributed by atoms with Gasteiger partial charge < -0.3 is 4.57 Å². The van der Waals surface area contributed by atoms with E-state index in [4.69, 9.17) is 4.98 Å². The predicted octanol–water partition coefficient (Wildman–Crippen LogP) is 4.16. The van der Waals surface area contributed by atoms with Crippen molar-refractivity contribution in [1.29, 1.82) is 5.26 Å². The lowest BCUT2D eigenvalue weighted by atomic mass is 9.92. The molecule has 0 aromatic carbocycles. The Balaban J connectivity index is 1.60. The summed E-state index contributed by atoms with van der Waals surface area (Å²) >= 11 is 0. The first kappa shape index (κ1) is 21.9. The van der Waals surface area contributed by atoms with Crippen molar-refractivity contribution in [2.45, 2.75) is 55.0 Å². The van der Waals surface area contributed by atoms with E-state index in [9.17, 15) is 22.5 Å². The van der Waals surface area contributed by atoms with Crippen molar-refractivity contribution in [2.24, 2.45) is 0 Å². The van der Waals surface area contributed by atoms with Crippen LogP contribution in [0.4, 0.5) is 8.78 Å². The number of aromatic nitrogens is 3. The number of nitrogens with zero attached hydrogens (tertiary/aromatic N) is 4. The summed E-state index contributed by atoms with van der Waals surface area (Å²) in [4.78, 5) is 8.86. The third-order valence-electron chi connectivity index (χ3n) is 6.45. The van der Waals surface area contributed by atoms with Gasteiger partial charge in [0.15, 0.2) is 0 Å². The van der Waals surface area contributed by atoms with Gasteiger partial charge in [-0.2, -0.15) is 5.26 Å². The van der Waals surface area contributed by atoms with E-state index in [1.54, 1.807) is 0 Å². The van der Waals surface area contributed by atoms with Gasteiger partial charge in [-0.1, -0.05) is 0 Å². The van der Waals surface area contributed by atoms with Crippen LogP contribution >= 0.6 is 0 Å². The van der Waals surface area contributed by atoms with Crippen molar-refractivity contribution >= 4 is 21.1 Å². The van der Waals surface area contributed by atoms with E-state index in [1.807, 2.05) is 17.0 Å². The summed E-state index contributed by atoms with van der Waals surface area (Å²) in [5.74, 6) is 0.497. The van der Waals surface area contributed by atoms with Gasteiger partial charge in [-0.05, 0) is 61.8 Å². The van der Waals surface area contributed by atoms with Crippen molar-refractivity contribution in [3.05, 3.63) is 41.7 Å². The van der Waals surface area contributed by atoms with Crippen molar-refractivity contribution in [3.63, 3.8) is 0 Å². The van der Waals surface area contributed by atoms with Gasteiger partial charge in [-0.15, -0.1) is 0 Å². The van der Waals surface area contributed by atoms with Crippen LogP contribution in [0.25, 0.3) is 22.4 Å². The minimum absolute atomic E-state index is 0.197. The maximum Gasteiger partial charge on any atom is 0.242 e. The Morgan fingerprint density at radius 2 is 1.91 bits per heavy atom. The molecule has 10 heteroatoms. The maximum atomic E-state index is 12.8. The van der Waals surface area contributed by atoms with Crippen LogP contribution in [-0.4, -0.2) is 42.3 Å². The van der Waals surface area contributed by atoms with E-state index in [2.05, 4.69) is 15.6 Å². The first-order valence-electron chi connectivity index (χ1n) is 11.0. The lowest BCUT2D eigenvalue weighted by molar-refractivity contribution is 0.322. The molecule has 2 saturated carbocycles. The minimum Gasteiger partial charge on any atom is -0.320 e. The van der Waals surface area contributed by atoms with Crippen LogP contribution in [0.5, 0.6) is 0 Å². The molecule has 0 aliphatic heterocycles. The van der Waals surface area contributed by atoms with Crippen LogP contribution in [0, 0.1) is 11.3 Å². The molecule has 1 N–H and O–H groups in total. The summed E-state index contributed by atoms with van der Waals surface area (Å²) < 4.78 is 54.6. The van der Waals surface area contributed by atoms with Gasteiger partial charge in [-0.25, -0.2) is 26.9 Å². The number of fused-ring (bicyclic) bond motifs is 1. The average Bonchev–Trinajstić information content (AvgIpc) is 3.59. The Kier molecular flexibility index (Phi) is 5.62. The highest BCUT2D eigenvalue weighted by atomic mass is 32.2. The number of alkyl halides is 2. The number of sulfonamides is 1. The highest BCUT2D eigenvalue weighted by molar-refractivity contribution is 7.89. The number of halogens is 2. The van der Waals surface area contributed by atoms with Crippen LogP contribution in [0.2, 0.25) is 0 Å². The molecule has 2 aliphatic rings. The number of nitrogens with one attached hydrogen (secondary N) is 1. The van der Waals surface area contributed by atoms with Gasteiger partial charge in [0.25, 0.3) is 0 Å². The van der Waals surface area contributed by atoms with E-state index in [1.165, 1.54) is 12.1 Å². The van der Waals surface area contributed by atoms with Crippen LogP contribution in [0.3, 0.4) is 0 Å². The standard InChI is InChI=1S/C23H23F2N5O2S/c24-9-16(10-25)29-33(31,32)18-6-7-21(27-13-18)22-20(11-26)19-8-15(14-4-5-14)12-28-23(19)30(22)17-2-1-3-17/h6-8,12-14,16-17,29H,1-5,9-10H2. The molecule has 3 aromatic heterocycles. The highest BCUT2D eigenvalue weighted by Gasteiger charge is 2.31. The number of rotatable bonds is 8. The Morgan fingerprint density at radius 3 is 2.45 bits per heavy atom. The molecule has 0 saturated heterocycles. The molecular formula is C23H23F2N5O2S. The van der Waals surface area contributed by atoms with E-state index >= 15 is 0 Å². The van der Waals surface area contributed by atoms with Crippen molar-refractivity contribution in [3.8, 4) is 17.5 Å². The molecule has 2 aliphatic carbocycles. The Morgan fingerprint density at radius 1 is 1.15 bits per heavy atom. The molecule has 5 rings (SSSR count). The fraction of sp³-hybridized carbons (Fsp3) is 0.435. The van der Waals surface area contributed by atoms with Crippen LogP contribution in [0.15, 0.2) is 35.5 Å². The molecule has 3 heterocycles. The molecule has 0 unspecified atom stereocenters. The van der Waals surface area contributed by atoms with Crippen molar-refractivity contribution in [2.75, 3.05) is 13.3 Å². The van der Waals surface area contributed by atoms with Crippen LogP contribution in [0.1, 0.15) is 55.2 Å².